The van der Waals surface area contributed by atoms with Crippen LogP contribution in [0.2, 0.25) is 0 Å². The Morgan fingerprint density at radius 1 is 0.959 bits per heavy atom. The Hall–Kier alpha value is -3.87. The number of anilines is 1. The molecule has 0 amide bonds. The molecular formula is C40H42F2N6O. The highest BCUT2D eigenvalue weighted by Gasteiger charge is 2.49. The molecule has 252 valence electrons. The van der Waals surface area contributed by atoms with E-state index in [1.165, 1.54) is 44.8 Å². The summed E-state index contributed by atoms with van der Waals surface area (Å²) < 4.78 is 38.8. The van der Waals surface area contributed by atoms with Gasteiger partial charge in [-0.25, -0.2) is 13.8 Å². The number of piperazine rings is 1. The van der Waals surface area contributed by atoms with Gasteiger partial charge in [0.05, 0.1) is 23.3 Å². The molecule has 2 aliphatic carbocycles. The fourth-order valence-corrected chi connectivity index (χ4v) is 9.58. The third-order valence-corrected chi connectivity index (χ3v) is 12.9. The minimum atomic E-state index is -0.550. The molecule has 3 atom stereocenters. The predicted octanol–water partition coefficient (Wildman–Crippen LogP) is 6.79. The number of aromatic nitrogens is 3. The average Bonchev–Trinajstić information content (AvgIpc) is 4.03. The molecule has 2 aromatic carbocycles. The zero-order valence-corrected chi connectivity index (χ0v) is 27.9. The molecule has 5 fully saturated rings. The van der Waals surface area contributed by atoms with Crippen molar-refractivity contribution in [3.63, 3.8) is 0 Å². The van der Waals surface area contributed by atoms with Crippen LogP contribution in [0, 0.1) is 34.8 Å². The van der Waals surface area contributed by atoms with Crippen molar-refractivity contribution in [3.05, 3.63) is 53.2 Å². The molecule has 49 heavy (non-hydrogen) atoms. The summed E-state index contributed by atoms with van der Waals surface area (Å²) in [6, 6.07) is 9.78. The standard InChI is InChI=1S/C40H42F2N6O/c1-2-26-28(41)11-9-24-5-3-6-27(32(24)26)35-34(42)36-33-30(44-35)7-4-8-31-29-12-10-25(43-29)21-48(31)37(33)46-38(45-36)49-23-40(15-16-40)22-47-19-17-39(13-14-39)18-20-47/h1,3,5-6,9,11,25,29,31,43H,4,7-8,10,12-23H2/t25-,29+,31-/m1/s1. The molecule has 2 saturated carbocycles. The minimum Gasteiger partial charge on any atom is -0.463 e. The van der Waals surface area contributed by atoms with Gasteiger partial charge in [-0.05, 0) is 101 Å². The third-order valence-electron chi connectivity index (χ3n) is 12.9. The van der Waals surface area contributed by atoms with Gasteiger partial charge in [0.25, 0.3) is 0 Å². The van der Waals surface area contributed by atoms with E-state index in [2.05, 4.69) is 21.0 Å². The van der Waals surface area contributed by atoms with Gasteiger partial charge in [-0.15, -0.1) is 6.42 Å². The zero-order chi connectivity index (χ0) is 32.9. The highest BCUT2D eigenvalue weighted by atomic mass is 19.1. The number of halogens is 2. The molecular weight excluding hydrogens is 618 g/mol. The number of hydrogen-bond acceptors (Lipinski definition) is 7. The first-order chi connectivity index (χ1) is 23.9. The van der Waals surface area contributed by atoms with Crippen molar-refractivity contribution in [2.24, 2.45) is 10.8 Å². The number of nitrogens with one attached hydrogen (secondary N) is 1. The van der Waals surface area contributed by atoms with Crippen LogP contribution in [-0.4, -0.2) is 70.8 Å². The van der Waals surface area contributed by atoms with Crippen LogP contribution >= 0.6 is 0 Å². The van der Waals surface area contributed by atoms with Crippen molar-refractivity contribution in [2.45, 2.75) is 88.8 Å². The Morgan fingerprint density at radius 3 is 2.61 bits per heavy atom. The van der Waals surface area contributed by atoms with Crippen LogP contribution in [0.3, 0.4) is 0 Å². The fraction of sp³-hybridized carbons (Fsp3) is 0.525. The van der Waals surface area contributed by atoms with Crippen molar-refractivity contribution in [1.29, 1.82) is 0 Å². The van der Waals surface area contributed by atoms with Gasteiger partial charge in [-0.2, -0.15) is 9.97 Å². The normalized spacial score (nSPS) is 26.3. The van der Waals surface area contributed by atoms with E-state index in [1.54, 1.807) is 12.1 Å². The third kappa shape index (κ3) is 5.00. The molecule has 7 nitrogen and oxygen atoms in total. The average molecular weight is 661 g/mol. The second kappa shape index (κ2) is 11.1. The van der Waals surface area contributed by atoms with E-state index in [9.17, 15) is 0 Å². The number of aryl methyl sites for hydroxylation is 1. The summed E-state index contributed by atoms with van der Waals surface area (Å²) >= 11 is 0. The lowest BCUT2D eigenvalue weighted by molar-refractivity contribution is 0.115. The topological polar surface area (TPSA) is 66.4 Å². The molecule has 1 spiro atoms. The Balaban J connectivity index is 1.08. The molecule has 0 radical (unpaired) electrons. The van der Waals surface area contributed by atoms with E-state index < -0.39 is 11.6 Å². The fourth-order valence-electron chi connectivity index (χ4n) is 9.58. The number of terminal acetylenes is 1. The van der Waals surface area contributed by atoms with Crippen LogP contribution in [0.4, 0.5) is 14.6 Å². The first kappa shape index (κ1) is 30.0. The molecule has 4 aliphatic heterocycles. The van der Waals surface area contributed by atoms with Gasteiger partial charge in [0.15, 0.2) is 5.82 Å². The molecule has 2 bridgehead atoms. The van der Waals surface area contributed by atoms with Crippen LogP contribution in [0.25, 0.3) is 32.9 Å². The zero-order valence-electron chi connectivity index (χ0n) is 27.9. The molecule has 3 saturated heterocycles. The molecule has 4 aromatic rings. The van der Waals surface area contributed by atoms with Crippen molar-refractivity contribution in [3.8, 4) is 29.6 Å². The number of fused-ring (bicyclic) bond motifs is 6. The summed E-state index contributed by atoms with van der Waals surface area (Å²) in [6.45, 7) is 4.72. The Morgan fingerprint density at radius 2 is 1.82 bits per heavy atom. The number of nitrogens with zero attached hydrogens (tertiary/aromatic N) is 5. The summed E-state index contributed by atoms with van der Waals surface area (Å²) in [5, 5.41) is 5.72. The second-order valence-electron chi connectivity index (χ2n) is 16.0. The van der Waals surface area contributed by atoms with Crippen LogP contribution < -0.4 is 15.0 Å². The molecule has 10 rings (SSSR count). The summed E-state index contributed by atoms with van der Waals surface area (Å²) in [4.78, 5) is 20.0. The van der Waals surface area contributed by atoms with Gasteiger partial charge in [0, 0.05) is 47.6 Å². The molecule has 6 aliphatic rings. The van der Waals surface area contributed by atoms with Gasteiger partial charge in [-0.1, -0.05) is 30.2 Å². The minimum absolute atomic E-state index is 0.0976. The largest absolute Gasteiger partial charge is 0.463 e. The SMILES string of the molecule is C#Cc1c(F)ccc2cccc(-c3nc4c5c(nc(OCC6(CN7CCC8(CC7)CC8)CC6)nc5c3F)N3C[C@H]5CC[C@H](N5)[C@H]3CCC4)c12. The summed E-state index contributed by atoms with van der Waals surface area (Å²) in [6.07, 6.45) is 18.3. The Kier molecular flexibility index (Phi) is 6.77. The summed E-state index contributed by atoms with van der Waals surface area (Å²) in [5.41, 5.74) is 2.46. The van der Waals surface area contributed by atoms with E-state index in [1.807, 2.05) is 12.1 Å². The number of ether oxygens (including phenoxy) is 1. The smallest absolute Gasteiger partial charge is 0.319 e. The number of piperidine rings is 1. The monoisotopic (exact) mass is 660 g/mol. The molecule has 1 N–H and O–H groups in total. The number of hydrogen-bond donors (Lipinski definition) is 1. The van der Waals surface area contributed by atoms with Crippen molar-refractivity contribution in [2.75, 3.05) is 37.7 Å². The quantitative estimate of drug-likeness (QED) is 0.229. The maximum atomic E-state index is 17.2. The van der Waals surface area contributed by atoms with E-state index in [4.69, 9.17) is 26.1 Å². The molecule has 2 aromatic heterocycles. The van der Waals surface area contributed by atoms with E-state index in [0.717, 1.165) is 68.5 Å². The van der Waals surface area contributed by atoms with Crippen molar-refractivity contribution in [1.82, 2.24) is 25.2 Å². The Labute approximate surface area is 285 Å². The van der Waals surface area contributed by atoms with Gasteiger partial charge < -0.3 is 19.9 Å². The van der Waals surface area contributed by atoms with Crippen LogP contribution in [-0.2, 0) is 6.42 Å². The Bertz CT molecular complexity index is 2040. The summed E-state index contributed by atoms with van der Waals surface area (Å²) in [5.74, 6) is 2.19. The van der Waals surface area contributed by atoms with E-state index in [-0.39, 0.29) is 34.2 Å². The van der Waals surface area contributed by atoms with Crippen molar-refractivity contribution >= 4 is 27.5 Å². The molecule has 9 heteroatoms. The first-order valence-corrected chi connectivity index (χ1v) is 18.4. The van der Waals surface area contributed by atoms with E-state index in [0.29, 0.717) is 46.9 Å². The van der Waals surface area contributed by atoms with Gasteiger partial charge in [0.2, 0.25) is 0 Å². The van der Waals surface area contributed by atoms with Gasteiger partial charge >= 0.3 is 6.01 Å². The van der Waals surface area contributed by atoms with Crippen LogP contribution in [0.5, 0.6) is 6.01 Å². The highest BCUT2D eigenvalue weighted by molar-refractivity contribution is 6.02. The van der Waals surface area contributed by atoms with Gasteiger partial charge in [0.1, 0.15) is 22.8 Å². The molecule has 6 heterocycles. The lowest BCUT2D eigenvalue weighted by Gasteiger charge is -2.43. The number of benzene rings is 2. The van der Waals surface area contributed by atoms with Crippen LogP contribution in [0.1, 0.15) is 75.5 Å². The van der Waals surface area contributed by atoms with Gasteiger partial charge in [-0.3, -0.25) is 0 Å². The first-order valence-electron chi connectivity index (χ1n) is 18.4. The number of pyridine rings is 1. The maximum Gasteiger partial charge on any atom is 0.319 e. The van der Waals surface area contributed by atoms with E-state index >= 15 is 8.78 Å². The number of likely N-dealkylation sites (tertiary alicyclic amines) is 1. The highest BCUT2D eigenvalue weighted by Crippen LogP contribution is 2.55. The maximum absolute atomic E-state index is 17.2. The van der Waals surface area contributed by atoms with Crippen molar-refractivity contribution < 1.29 is 13.5 Å². The second-order valence-corrected chi connectivity index (χ2v) is 16.0. The lowest BCUT2D eigenvalue weighted by atomic mass is 9.93. The molecule has 0 unspecified atom stereocenters. The predicted molar refractivity (Wildman–Crippen MR) is 187 cm³/mol. The number of rotatable bonds is 6. The van der Waals surface area contributed by atoms with Crippen LogP contribution in [0.15, 0.2) is 30.3 Å². The lowest BCUT2D eigenvalue weighted by Crippen LogP contribution is -2.58. The summed E-state index contributed by atoms with van der Waals surface area (Å²) in [7, 11) is 0.